The van der Waals surface area contributed by atoms with Gasteiger partial charge in [0.05, 0.1) is 12.3 Å². The van der Waals surface area contributed by atoms with Crippen LogP contribution in [0.4, 0.5) is 5.69 Å². The first kappa shape index (κ1) is 29.4. The van der Waals surface area contributed by atoms with E-state index in [0.717, 1.165) is 74.5 Å². The van der Waals surface area contributed by atoms with Crippen LogP contribution in [0.25, 0.3) is 0 Å². The number of allylic oxidation sites excluding steroid dienone is 2. The number of amides is 1. The zero-order valence-electron chi connectivity index (χ0n) is 25.1. The van der Waals surface area contributed by atoms with Crippen LogP contribution in [-0.4, -0.2) is 75.7 Å². The number of carbonyl (C=O) groups excluding carboxylic acids is 1. The van der Waals surface area contributed by atoms with E-state index in [1.54, 1.807) is 0 Å². The van der Waals surface area contributed by atoms with Gasteiger partial charge in [-0.25, -0.2) is 5.01 Å². The lowest BCUT2D eigenvalue weighted by Gasteiger charge is -2.44. The molecule has 0 saturated carbocycles. The molecule has 1 atom stereocenters. The molecule has 1 amide bonds. The molecule has 1 aromatic heterocycles. The highest BCUT2D eigenvalue weighted by molar-refractivity contribution is 6.30. The van der Waals surface area contributed by atoms with Crippen LogP contribution in [0.15, 0.2) is 102 Å². The number of pyridine rings is 1. The Balaban J connectivity index is 0.936. The summed E-state index contributed by atoms with van der Waals surface area (Å²) < 4.78 is 0. The molecule has 4 aliphatic rings. The fourth-order valence-corrected chi connectivity index (χ4v) is 7.06. The lowest BCUT2D eigenvalue weighted by molar-refractivity contribution is 0.0712. The molecule has 2 saturated heterocycles. The summed E-state index contributed by atoms with van der Waals surface area (Å²) in [5.74, 6) is 1.12. The number of hydrogen-bond acceptors (Lipinski definition) is 8. The summed E-state index contributed by atoms with van der Waals surface area (Å²) in [7, 11) is 0. The predicted octanol–water partition coefficient (Wildman–Crippen LogP) is 5.11. The molecule has 0 aliphatic carbocycles. The number of benzene rings is 2. The summed E-state index contributed by atoms with van der Waals surface area (Å²) in [6, 6.07) is 21.6. The molecule has 45 heavy (non-hydrogen) atoms. The molecular formula is C35H38ClN7O2. The monoisotopic (exact) mass is 623 g/mol. The minimum absolute atomic E-state index is 0.0669. The Kier molecular flexibility index (Phi) is 8.21. The van der Waals surface area contributed by atoms with E-state index in [2.05, 4.69) is 32.7 Å². The van der Waals surface area contributed by atoms with Gasteiger partial charge in [0, 0.05) is 71.9 Å². The van der Waals surface area contributed by atoms with Gasteiger partial charge in [0.2, 0.25) is 5.96 Å². The average molecular weight is 624 g/mol. The van der Waals surface area contributed by atoms with Crippen LogP contribution >= 0.6 is 11.6 Å². The fourth-order valence-electron chi connectivity index (χ4n) is 6.93. The maximum atomic E-state index is 13.2. The largest absolute Gasteiger partial charge is 0.395 e. The van der Waals surface area contributed by atoms with Crippen molar-refractivity contribution in [1.29, 1.82) is 0 Å². The maximum Gasteiger partial charge on any atom is 0.253 e. The van der Waals surface area contributed by atoms with E-state index < -0.39 is 0 Å². The minimum atomic E-state index is -0.262. The van der Waals surface area contributed by atoms with Crippen LogP contribution in [0, 0.1) is 0 Å². The third-order valence-corrected chi connectivity index (χ3v) is 9.92. The van der Waals surface area contributed by atoms with Gasteiger partial charge in [-0.3, -0.25) is 9.78 Å². The van der Waals surface area contributed by atoms with Crippen molar-refractivity contribution in [3.8, 4) is 0 Å². The number of guanidine groups is 1. The van der Waals surface area contributed by atoms with Gasteiger partial charge in [0.1, 0.15) is 0 Å². The minimum Gasteiger partial charge on any atom is -0.395 e. The van der Waals surface area contributed by atoms with Crippen molar-refractivity contribution < 1.29 is 9.90 Å². The quantitative estimate of drug-likeness (QED) is 0.351. The molecule has 7 rings (SSSR count). The van der Waals surface area contributed by atoms with E-state index in [-0.39, 0.29) is 24.1 Å². The van der Waals surface area contributed by atoms with Crippen molar-refractivity contribution in [2.45, 2.75) is 43.2 Å². The number of hydrazone groups is 1. The van der Waals surface area contributed by atoms with Crippen molar-refractivity contribution in [2.75, 3.05) is 38.1 Å². The number of hydrogen-bond donors (Lipinski definition) is 3. The lowest BCUT2D eigenvalue weighted by Crippen LogP contribution is -2.50. The number of rotatable bonds is 6. The van der Waals surface area contributed by atoms with E-state index >= 15 is 0 Å². The lowest BCUT2D eigenvalue weighted by atomic mass is 9.73. The van der Waals surface area contributed by atoms with Crippen LogP contribution in [-0.2, 0) is 5.41 Å². The first-order chi connectivity index (χ1) is 22.0. The van der Waals surface area contributed by atoms with Gasteiger partial charge < -0.3 is 25.5 Å². The molecular weight excluding hydrogens is 586 g/mol. The van der Waals surface area contributed by atoms with E-state index in [4.69, 9.17) is 16.7 Å². The second kappa shape index (κ2) is 12.6. The number of aromatic nitrogens is 1. The van der Waals surface area contributed by atoms with Crippen molar-refractivity contribution >= 4 is 29.2 Å². The zero-order chi connectivity index (χ0) is 30.8. The van der Waals surface area contributed by atoms with Crippen molar-refractivity contribution in [3.63, 3.8) is 0 Å². The van der Waals surface area contributed by atoms with Gasteiger partial charge in [-0.05, 0) is 91.9 Å². The molecule has 0 spiro atoms. The number of piperidine rings is 2. The number of nitrogens with one attached hydrogen (secondary N) is 2. The zero-order valence-corrected chi connectivity index (χ0v) is 25.9. The number of anilines is 1. The molecule has 3 N–H and O–H groups in total. The maximum absolute atomic E-state index is 13.2. The summed E-state index contributed by atoms with van der Waals surface area (Å²) in [5.41, 5.74) is 4.68. The van der Waals surface area contributed by atoms with E-state index in [0.29, 0.717) is 22.5 Å². The summed E-state index contributed by atoms with van der Waals surface area (Å²) in [6.07, 6.45) is 11.4. The molecule has 10 heteroatoms. The first-order valence-corrected chi connectivity index (χ1v) is 16.1. The number of halogens is 1. The van der Waals surface area contributed by atoms with Crippen LogP contribution in [0.5, 0.6) is 0 Å². The summed E-state index contributed by atoms with van der Waals surface area (Å²) in [6.45, 7) is 3.24. The Morgan fingerprint density at radius 3 is 2.44 bits per heavy atom. The van der Waals surface area contributed by atoms with Gasteiger partial charge in [-0.2, -0.15) is 0 Å². The third-order valence-electron chi connectivity index (χ3n) is 9.67. The number of likely N-dealkylation sites (tertiary alicyclic amines) is 2. The van der Waals surface area contributed by atoms with E-state index in [1.165, 1.54) is 0 Å². The predicted molar refractivity (Wildman–Crippen MR) is 177 cm³/mol. The molecule has 4 aliphatic heterocycles. The average Bonchev–Trinajstić information content (AvgIpc) is 3.52. The molecule has 2 fully saturated rings. The summed E-state index contributed by atoms with van der Waals surface area (Å²) >= 11 is 6.12. The molecule has 2 aromatic carbocycles. The van der Waals surface area contributed by atoms with E-state index in [1.807, 2.05) is 89.0 Å². The normalized spacial score (nSPS) is 21.1. The topological polar surface area (TPSA) is 96.3 Å². The summed E-state index contributed by atoms with van der Waals surface area (Å²) in [5, 5.41) is 24.7. The SMILES string of the molecule is O=C(c1ccc(NC2=NN3C=CC=C(N4CCC(CO)(c5ccc(Cl)cc5)CC4)C3N2)cc1)N1CCC(c2ccccn2)CC1. The molecule has 9 nitrogen and oxygen atoms in total. The first-order valence-electron chi connectivity index (χ1n) is 15.7. The van der Waals surface area contributed by atoms with Crippen LogP contribution < -0.4 is 10.6 Å². The highest BCUT2D eigenvalue weighted by atomic mass is 35.5. The Morgan fingerprint density at radius 2 is 1.76 bits per heavy atom. The Hall–Kier alpha value is -4.34. The Bertz CT molecular complexity index is 1590. The number of aliphatic hydroxyl groups excluding tert-OH is 1. The second-order valence-corrected chi connectivity index (χ2v) is 12.7. The number of fused-ring (bicyclic) bond motifs is 1. The standard InChI is InChI=1S/C35H38ClN7O2/c36-28-10-8-27(9-11-28)35(24-44)16-22-41(23-17-35)31-5-3-19-43-32(31)39-34(40-43)38-29-12-6-26(7-13-29)33(45)42-20-14-25(15-21-42)30-4-1-2-18-37-30/h1-13,18-19,25,32,44H,14-17,20-24H2,(H2,38,39,40). The van der Waals surface area contributed by atoms with Gasteiger partial charge in [0.25, 0.3) is 5.91 Å². The second-order valence-electron chi connectivity index (χ2n) is 12.3. The van der Waals surface area contributed by atoms with Gasteiger partial charge in [-0.15, -0.1) is 5.10 Å². The number of carbonyl (C=O) groups is 1. The Morgan fingerprint density at radius 1 is 1.00 bits per heavy atom. The van der Waals surface area contributed by atoms with E-state index in [9.17, 15) is 9.90 Å². The molecule has 232 valence electrons. The highest BCUT2D eigenvalue weighted by Gasteiger charge is 2.39. The summed E-state index contributed by atoms with van der Waals surface area (Å²) in [4.78, 5) is 22.1. The van der Waals surface area contributed by atoms with Crippen molar-refractivity contribution in [1.82, 2.24) is 25.1 Å². The highest BCUT2D eigenvalue weighted by Crippen LogP contribution is 2.38. The Labute approximate surface area is 268 Å². The van der Waals surface area contributed by atoms with Gasteiger partial charge >= 0.3 is 0 Å². The number of nitrogens with zero attached hydrogens (tertiary/aromatic N) is 5. The van der Waals surface area contributed by atoms with Crippen LogP contribution in [0.1, 0.15) is 53.2 Å². The molecule has 5 heterocycles. The molecule has 0 bridgehead atoms. The number of aliphatic hydroxyl groups is 1. The van der Waals surface area contributed by atoms with Crippen LogP contribution in [0.2, 0.25) is 5.02 Å². The van der Waals surface area contributed by atoms with Crippen LogP contribution in [0.3, 0.4) is 0 Å². The smallest absolute Gasteiger partial charge is 0.253 e. The fraction of sp³-hybridized carbons (Fsp3) is 0.343. The van der Waals surface area contributed by atoms with Crippen molar-refractivity contribution in [3.05, 3.63) is 119 Å². The molecule has 1 unspecified atom stereocenters. The van der Waals surface area contributed by atoms with Crippen molar-refractivity contribution in [2.24, 2.45) is 5.10 Å². The molecule has 3 aromatic rings. The van der Waals surface area contributed by atoms with Gasteiger partial charge in [-0.1, -0.05) is 29.8 Å². The third kappa shape index (κ3) is 6.02. The molecule has 0 radical (unpaired) electrons. The van der Waals surface area contributed by atoms with Gasteiger partial charge in [0.15, 0.2) is 6.17 Å².